The Bertz CT molecular complexity index is 355. The van der Waals surface area contributed by atoms with Gasteiger partial charge in [-0.05, 0) is 12.8 Å². The fourth-order valence-corrected chi connectivity index (χ4v) is 2.51. The van der Waals surface area contributed by atoms with Crippen LogP contribution in [0.2, 0.25) is 0 Å². The summed E-state index contributed by atoms with van der Waals surface area (Å²) in [5.74, 6) is -1.01. The van der Waals surface area contributed by atoms with Gasteiger partial charge in [0.25, 0.3) is 0 Å². The highest BCUT2D eigenvalue weighted by atomic mass is 16.4. The average molecular weight is 225 g/mol. The lowest BCUT2D eigenvalue weighted by Crippen LogP contribution is -2.50. The molecule has 88 valence electrons. The van der Waals surface area contributed by atoms with Crippen LogP contribution in [-0.4, -0.2) is 34.6 Å². The van der Waals surface area contributed by atoms with E-state index in [1.807, 2.05) is 0 Å². The van der Waals surface area contributed by atoms with Gasteiger partial charge in [0.05, 0.1) is 12.0 Å². The van der Waals surface area contributed by atoms with Gasteiger partial charge in [-0.3, -0.25) is 4.79 Å². The minimum absolute atomic E-state index is 0.0922. The molecule has 0 aromatic heterocycles. The number of rotatable bonds is 4. The number of aliphatic hydroxyl groups is 1. The van der Waals surface area contributed by atoms with Crippen LogP contribution in [0, 0.1) is 5.41 Å². The number of carbonyl (C=O) groups is 2. The molecular formula is C11H15NO4. The first-order valence-electron chi connectivity index (χ1n) is 5.47. The molecule has 0 heterocycles. The molecule has 0 unspecified atom stereocenters. The van der Waals surface area contributed by atoms with Gasteiger partial charge in [-0.2, -0.15) is 0 Å². The number of hydrogen-bond donors (Lipinski definition) is 3. The molecular weight excluding hydrogens is 210 g/mol. The third-order valence-corrected chi connectivity index (χ3v) is 3.53. The number of hydrogen-bond acceptors (Lipinski definition) is 4. The van der Waals surface area contributed by atoms with Crippen molar-refractivity contribution in [2.45, 2.75) is 31.7 Å². The van der Waals surface area contributed by atoms with E-state index in [1.165, 1.54) is 6.08 Å². The summed E-state index contributed by atoms with van der Waals surface area (Å²) in [7, 11) is 0. The zero-order valence-electron chi connectivity index (χ0n) is 8.90. The van der Waals surface area contributed by atoms with Crippen molar-refractivity contribution in [3.05, 3.63) is 11.8 Å². The van der Waals surface area contributed by atoms with Crippen molar-refractivity contribution in [2.24, 2.45) is 5.41 Å². The predicted octanol–water partition coefficient (Wildman–Crippen LogP) is 0.0485. The van der Waals surface area contributed by atoms with Gasteiger partial charge in [0.2, 0.25) is 0 Å². The maximum atomic E-state index is 11.6. The molecule has 3 N–H and O–H groups in total. The van der Waals surface area contributed by atoms with E-state index in [-0.39, 0.29) is 5.78 Å². The molecule has 2 aliphatic carbocycles. The lowest BCUT2D eigenvalue weighted by Gasteiger charge is -2.38. The molecule has 5 nitrogen and oxygen atoms in total. The van der Waals surface area contributed by atoms with E-state index in [1.54, 1.807) is 0 Å². The second-order valence-corrected chi connectivity index (χ2v) is 4.43. The number of aliphatic carboxylic acids is 1. The maximum Gasteiger partial charge on any atom is 0.328 e. The highest BCUT2D eigenvalue weighted by Crippen LogP contribution is 2.49. The standard InChI is InChI=1S/C11H15NO4/c13-6-7(10(15)16)12-8-5-9(14)11(8)3-1-2-4-11/h5,7,12-13H,1-4,6H2,(H,15,16)/t7-/m0/s1. The number of carboxylic acid groups (broad SMARTS) is 1. The highest BCUT2D eigenvalue weighted by Gasteiger charge is 2.50. The van der Waals surface area contributed by atoms with Crippen LogP contribution in [0.5, 0.6) is 0 Å². The second kappa shape index (κ2) is 3.90. The Hall–Kier alpha value is -1.36. The van der Waals surface area contributed by atoms with Crippen molar-refractivity contribution in [2.75, 3.05) is 6.61 Å². The monoisotopic (exact) mass is 225 g/mol. The molecule has 0 amide bonds. The third kappa shape index (κ3) is 1.51. The van der Waals surface area contributed by atoms with E-state index in [4.69, 9.17) is 10.2 Å². The Morgan fingerprint density at radius 3 is 2.56 bits per heavy atom. The van der Waals surface area contributed by atoms with Crippen LogP contribution in [-0.2, 0) is 9.59 Å². The molecule has 0 bridgehead atoms. The van der Waals surface area contributed by atoms with Gasteiger partial charge in [0, 0.05) is 11.8 Å². The Morgan fingerprint density at radius 1 is 1.50 bits per heavy atom. The Balaban J connectivity index is 2.09. The van der Waals surface area contributed by atoms with E-state index in [2.05, 4.69) is 5.32 Å². The molecule has 1 spiro atoms. The SMILES string of the molecule is O=C(O)[C@H](CO)NC1=CC(=O)C12CCCC2. The minimum Gasteiger partial charge on any atom is -0.480 e. The minimum atomic E-state index is -1.10. The normalized spacial score (nSPS) is 23.8. The van der Waals surface area contributed by atoms with Crippen LogP contribution in [0.1, 0.15) is 25.7 Å². The first-order chi connectivity index (χ1) is 7.60. The quantitative estimate of drug-likeness (QED) is 0.629. The molecule has 1 atom stereocenters. The van der Waals surface area contributed by atoms with Crippen LogP contribution in [0.3, 0.4) is 0 Å². The Morgan fingerprint density at radius 2 is 2.12 bits per heavy atom. The molecule has 1 saturated carbocycles. The molecule has 2 aliphatic rings. The molecule has 0 aliphatic heterocycles. The van der Waals surface area contributed by atoms with Crippen LogP contribution in [0.4, 0.5) is 0 Å². The smallest absolute Gasteiger partial charge is 0.328 e. The summed E-state index contributed by atoms with van der Waals surface area (Å²) >= 11 is 0. The summed E-state index contributed by atoms with van der Waals surface area (Å²) in [6.45, 7) is -0.475. The Labute approximate surface area is 93.1 Å². The number of aliphatic hydroxyl groups excluding tert-OH is 1. The number of carboxylic acids is 1. The lowest BCUT2D eigenvalue weighted by atomic mass is 9.70. The van der Waals surface area contributed by atoms with Gasteiger partial charge in [-0.25, -0.2) is 4.79 Å². The summed E-state index contributed by atoms with van der Waals surface area (Å²) in [5, 5.41) is 20.5. The van der Waals surface area contributed by atoms with Crippen molar-refractivity contribution in [3.8, 4) is 0 Å². The van der Waals surface area contributed by atoms with E-state index < -0.39 is 24.0 Å². The summed E-state index contributed by atoms with van der Waals surface area (Å²) in [4.78, 5) is 22.3. The largest absolute Gasteiger partial charge is 0.480 e. The zero-order valence-corrected chi connectivity index (χ0v) is 8.90. The van der Waals surface area contributed by atoms with E-state index in [0.717, 1.165) is 25.7 Å². The second-order valence-electron chi connectivity index (χ2n) is 4.43. The summed E-state index contributed by atoms with van der Waals surface area (Å²) in [5.41, 5.74) is 0.236. The lowest BCUT2D eigenvalue weighted by molar-refractivity contribution is -0.140. The Kier molecular flexibility index (Phi) is 2.71. The summed E-state index contributed by atoms with van der Waals surface area (Å²) < 4.78 is 0. The molecule has 1 fully saturated rings. The van der Waals surface area contributed by atoms with Crippen LogP contribution in [0.25, 0.3) is 0 Å². The van der Waals surface area contributed by atoms with E-state index in [9.17, 15) is 9.59 Å². The fraction of sp³-hybridized carbons (Fsp3) is 0.636. The highest BCUT2D eigenvalue weighted by molar-refractivity contribution is 6.05. The first kappa shape index (κ1) is 11.1. The van der Waals surface area contributed by atoms with Crippen LogP contribution in [0.15, 0.2) is 11.8 Å². The molecule has 5 heteroatoms. The van der Waals surface area contributed by atoms with Crippen molar-refractivity contribution < 1.29 is 19.8 Å². The molecule has 0 saturated heterocycles. The van der Waals surface area contributed by atoms with Crippen molar-refractivity contribution in [1.29, 1.82) is 0 Å². The van der Waals surface area contributed by atoms with E-state index in [0.29, 0.717) is 5.70 Å². The van der Waals surface area contributed by atoms with Crippen LogP contribution >= 0.6 is 0 Å². The van der Waals surface area contributed by atoms with Gasteiger partial charge >= 0.3 is 5.97 Å². The summed E-state index contributed by atoms with van der Waals surface area (Å²) in [6, 6.07) is -1.02. The molecule has 0 aromatic rings. The fourth-order valence-electron chi connectivity index (χ4n) is 2.51. The van der Waals surface area contributed by atoms with Gasteiger partial charge < -0.3 is 15.5 Å². The molecule has 2 rings (SSSR count). The molecule has 0 radical (unpaired) electrons. The number of ketones is 1. The van der Waals surface area contributed by atoms with Crippen molar-refractivity contribution >= 4 is 11.8 Å². The van der Waals surface area contributed by atoms with Gasteiger partial charge in [0.15, 0.2) is 5.78 Å². The zero-order chi connectivity index (χ0) is 11.8. The number of carbonyl (C=O) groups excluding carboxylic acids is 1. The van der Waals surface area contributed by atoms with Crippen molar-refractivity contribution in [1.82, 2.24) is 5.32 Å². The molecule has 0 aromatic carbocycles. The van der Waals surface area contributed by atoms with Gasteiger partial charge in [0.1, 0.15) is 6.04 Å². The third-order valence-electron chi connectivity index (χ3n) is 3.53. The topological polar surface area (TPSA) is 86.6 Å². The number of nitrogens with one attached hydrogen (secondary N) is 1. The predicted molar refractivity (Wildman–Crippen MR) is 55.6 cm³/mol. The molecule has 16 heavy (non-hydrogen) atoms. The van der Waals surface area contributed by atoms with E-state index >= 15 is 0 Å². The van der Waals surface area contributed by atoms with Gasteiger partial charge in [-0.1, -0.05) is 12.8 Å². The average Bonchev–Trinajstić information content (AvgIpc) is 2.75. The van der Waals surface area contributed by atoms with Gasteiger partial charge in [-0.15, -0.1) is 0 Å². The number of allylic oxidation sites excluding steroid dienone is 2. The van der Waals surface area contributed by atoms with Crippen LogP contribution < -0.4 is 5.32 Å². The summed E-state index contributed by atoms with van der Waals surface area (Å²) in [6.07, 6.45) is 5.05. The maximum absolute atomic E-state index is 11.6. The first-order valence-corrected chi connectivity index (χ1v) is 5.47. The van der Waals surface area contributed by atoms with Crippen molar-refractivity contribution in [3.63, 3.8) is 0 Å².